The maximum Gasteiger partial charge on any atom is 0.257 e. The van der Waals surface area contributed by atoms with Gasteiger partial charge in [-0.15, -0.1) is 10.2 Å². The van der Waals surface area contributed by atoms with Gasteiger partial charge in [-0.1, -0.05) is 46.7 Å². The monoisotopic (exact) mass is 339 g/mol. The number of benzene rings is 1. The number of aryl methyl sites for hydroxylation is 1. The van der Waals surface area contributed by atoms with Gasteiger partial charge >= 0.3 is 0 Å². The van der Waals surface area contributed by atoms with Gasteiger partial charge in [0, 0.05) is 16.5 Å². The molecule has 2 rings (SSSR count). The summed E-state index contributed by atoms with van der Waals surface area (Å²) in [7, 11) is 0. The minimum atomic E-state index is -0.167. The van der Waals surface area contributed by atoms with Crippen LogP contribution in [0.5, 0.6) is 0 Å². The first-order chi connectivity index (χ1) is 9.19. The minimum Gasteiger partial charge on any atom is -0.296 e. The molecule has 1 aromatic carbocycles. The van der Waals surface area contributed by atoms with Gasteiger partial charge in [-0.3, -0.25) is 10.1 Å². The second kappa shape index (κ2) is 6.77. The quantitative estimate of drug-likeness (QED) is 0.898. The zero-order valence-electron chi connectivity index (χ0n) is 10.5. The van der Waals surface area contributed by atoms with Gasteiger partial charge in [0.1, 0.15) is 5.01 Å². The summed E-state index contributed by atoms with van der Waals surface area (Å²) in [6.07, 6.45) is 3.13. The van der Waals surface area contributed by atoms with Crippen molar-refractivity contribution in [2.24, 2.45) is 0 Å². The molecular formula is C13H14BrN3OS. The lowest BCUT2D eigenvalue weighted by Crippen LogP contribution is -2.11. The van der Waals surface area contributed by atoms with Crippen LogP contribution in [0, 0.1) is 0 Å². The van der Waals surface area contributed by atoms with Crippen molar-refractivity contribution in [1.82, 2.24) is 10.2 Å². The van der Waals surface area contributed by atoms with Crippen molar-refractivity contribution in [3.05, 3.63) is 39.3 Å². The minimum absolute atomic E-state index is 0.167. The van der Waals surface area contributed by atoms with E-state index in [1.54, 1.807) is 12.1 Å². The zero-order valence-corrected chi connectivity index (χ0v) is 12.9. The van der Waals surface area contributed by atoms with Gasteiger partial charge in [-0.05, 0) is 24.6 Å². The molecule has 0 bridgehead atoms. The Labute approximate surface area is 124 Å². The Bertz CT molecular complexity index is 571. The molecule has 0 aliphatic heterocycles. The number of unbranched alkanes of at least 4 members (excludes halogenated alkanes) is 1. The summed E-state index contributed by atoms with van der Waals surface area (Å²) >= 11 is 4.78. The summed E-state index contributed by atoms with van der Waals surface area (Å²) in [5.41, 5.74) is 0.597. The van der Waals surface area contributed by atoms with Crippen LogP contribution in [0.2, 0.25) is 0 Å². The topological polar surface area (TPSA) is 54.9 Å². The van der Waals surface area contributed by atoms with Gasteiger partial charge in [-0.2, -0.15) is 0 Å². The molecule has 0 fully saturated rings. The van der Waals surface area contributed by atoms with Crippen molar-refractivity contribution in [3.63, 3.8) is 0 Å². The van der Waals surface area contributed by atoms with Gasteiger partial charge in [0.2, 0.25) is 5.13 Å². The Hall–Kier alpha value is -1.27. The average Bonchev–Trinajstić information content (AvgIpc) is 2.84. The van der Waals surface area contributed by atoms with Crippen molar-refractivity contribution in [3.8, 4) is 0 Å². The van der Waals surface area contributed by atoms with Crippen LogP contribution in [-0.4, -0.2) is 16.1 Å². The van der Waals surface area contributed by atoms with Crippen LogP contribution in [0.1, 0.15) is 35.1 Å². The second-order valence-corrected chi connectivity index (χ2v) is 6.05. The lowest BCUT2D eigenvalue weighted by Gasteiger charge is -2.01. The Kier molecular flexibility index (Phi) is 5.04. The lowest BCUT2D eigenvalue weighted by atomic mass is 10.2. The fourth-order valence-electron chi connectivity index (χ4n) is 1.53. The van der Waals surface area contributed by atoms with Crippen LogP contribution in [0.15, 0.2) is 28.7 Å². The maximum absolute atomic E-state index is 12.0. The summed E-state index contributed by atoms with van der Waals surface area (Å²) < 4.78 is 0.876. The number of hydrogen-bond acceptors (Lipinski definition) is 4. The number of halogens is 1. The molecule has 4 nitrogen and oxygen atoms in total. The van der Waals surface area contributed by atoms with Gasteiger partial charge in [0.05, 0.1) is 0 Å². The van der Waals surface area contributed by atoms with Crippen molar-refractivity contribution in [2.75, 3.05) is 5.32 Å². The fraction of sp³-hybridized carbons (Fsp3) is 0.308. The third-order valence-corrected chi connectivity index (χ3v) is 3.91. The number of nitrogens with zero attached hydrogens (tertiary/aromatic N) is 2. The molecule has 0 atom stereocenters. The van der Waals surface area contributed by atoms with E-state index in [2.05, 4.69) is 38.4 Å². The Morgan fingerprint density at radius 2 is 2.26 bits per heavy atom. The van der Waals surface area contributed by atoms with Gasteiger partial charge < -0.3 is 0 Å². The van der Waals surface area contributed by atoms with E-state index in [0.717, 1.165) is 28.7 Å². The SMILES string of the molecule is CCCCc1nnc(NC(=O)c2cccc(Br)c2)s1. The fourth-order valence-corrected chi connectivity index (χ4v) is 2.71. The molecule has 0 aliphatic carbocycles. The molecule has 0 saturated heterocycles. The van der Waals surface area contributed by atoms with Crippen molar-refractivity contribution < 1.29 is 4.79 Å². The highest BCUT2D eigenvalue weighted by molar-refractivity contribution is 9.10. The summed E-state index contributed by atoms with van der Waals surface area (Å²) in [5.74, 6) is -0.167. The first-order valence-electron chi connectivity index (χ1n) is 6.08. The van der Waals surface area contributed by atoms with E-state index >= 15 is 0 Å². The van der Waals surface area contributed by atoms with E-state index < -0.39 is 0 Å². The maximum atomic E-state index is 12.0. The van der Waals surface area contributed by atoms with Gasteiger partial charge in [0.25, 0.3) is 5.91 Å². The highest BCUT2D eigenvalue weighted by atomic mass is 79.9. The van der Waals surface area contributed by atoms with Crippen LogP contribution < -0.4 is 5.32 Å². The van der Waals surface area contributed by atoms with E-state index in [4.69, 9.17) is 0 Å². The lowest BCUT2D eigenvalue weighted by molar-refractivity contribution is 0.102. The molecular weight excluding hydrogens is 326 g/mol. The Balaban J connectivity index is 2.00. The van der Waals surface area contributed by atoms with E-state index in [1.807, 2.05) is 12.1 Å². The molecule has 1 aromatic heterocycles. The van der Waals surface area contributed by atoms with E-state index in [-0.39, 0.29) is 5.91 Å². The Morgan fingerprint density at radius 1 is 1.42 bits per heavy atom. The molecule has 2 aromatic rings. The predicted octanol–water partition coefficient (Wildman–Crippen LogP) is 3.90. The van der Waals surface area contributed by atoms with Crippen molar-refractivity contribution >= 4 is 38.3 Å². The van der Waals surface area contributed by atoms with Crippen LogP contribution in [0.25, 0.3) is 0 Å². The van der Waals surface area contributed by atoms with E-state index in [1.165, 1.54) is 11.3 Å². The number of amides is 1. The molecule has 0 spiro atoms. The van der Waals surface area contributed by atoms with Crippen LogP contribution in [0.3, 0.4) is 0 Å². The van der Waals surface area contributed by atoms with Crippen LogP contribution >= 0.6 is 27.3 Å². The standard InChI is InChI=1S/C13H14BrN3OS/c1-2-3-7-11-16-17-13(19-11)15-12(18)9-5-4-6-10(14)8-9/h4-6,8H,2-3,7H2,1H3,(H,15,17,18). The van der Waals surface area contributed by atoms with Crippen LogP contribution in [0.4, 0.5) is 5.13 Å². The van der Waals surface area contributed by atoms with Gasteiger partial charge in [-0.25, -0.2) is 0 Å². The largest absolute Gasteiger partial charge is 0.296 e. The van der Waals surface area contributed by atoms with Crippen molar-refractivity contribution in [2.45, 2.75) is 26.2 Å². The molecule has 0 aliphatic rings. The normalized spacial score (nSPS) is 10.4. The molecule has 1 N–H and O–H groups in total. The molecule has 1 amide bonds. The number of aromatic nitrogens is 2. The third kappa shape index (κ3) is 4.11. The third-order valence-electron chi connectivity index (χ3n) is 2.52. The summed E-state index contributed by atoms with van der Waals surface area (Å²) in [6.45, 7) is 2.14. The summed E-state index contributed by atoms with van der Waals surface area (Å²) in [6, 6.07) is 7.24. The molecule has 19 heavy (non-hydrogen) atoms. The predicted molar refractivity (Wildman–Crippen MR) is 80.6 cm³/mol. The highest BCUT2D eigenvalue weighted by Gasteiger charge is 2.10. The zero-order chi connectivity index (χ0) is 13.7. The summed E-state index contributed by atoms with van der Waals surface area (Å²) in [4.78, 5) is 12.0. The number of nitrogens with one attached hydrogen (secondary N) is 1. The first-order valence-corrected chi connectivity index (χ1v) is 7.69. The number of carbonyl (C=O) groups excluding carboxylic acids is 1. The molecule has 100 valence electrons. The Morgan fingerprint density at radius 3 is 3.00 bits per heavy atom. The molecule has 0 unspecified atom stereocenters. The number of anilines is 1. The van der Waals surface area contributed by atoms with Crippen molar-refractivity contribution in [1.29, 1.82) is 0 Å². The second-order valence-electron chi connectivity index (χ2n) is 4.07. The first kappa shape index (κ1) is 14.1. The van der Waals surface area contributed by atoms with E-state index in [9.17, 15) is 4.79 Å². The summed E-state index contributed by atoms with van der Waals surface area (Å²) in [5, 5.41) is 12.3. The molecule has 6 heteroatoms. The van der Waals surface area contributed by atoms with E-state index in [0.29, 0.717) is 10.7 Å². The molecule has 0 saturated carbocycles. The highest BCUT2D eigenvalue weighted by Crippen LogP contribution is 2.19. The van der Waals surface area contributed by atoms with Gasteiger partial charge in [0.15, 0.2) is 0 Å². The van der Waals surface area contributed by atoms with Crippen LogP contribution in [-0.2, 0) is 6.42 Å². The number of hydrogen-bond donors (Lipinski definition) is 1. The number of carbonyl (C=O) groups is 1. The molecule has 0 radical (unpaired) electrons. The average molecular weight is 340 g/mol. The smallest absolute Gasteiger partial charge is 0.257 e. The number of rotatable bonds is 5. The molecule has 1 heterocycles.